The lowest BCUT2D eigenvalue weighted by Gasteiger charge is -2.36. The molecule has 1 fully saturated rings. The Labute approximate surface area is 221 Å². The molecule has 0 aliphatic carbocycles. The zero-order valence-corrected chi connectivity index (χ0v) is 21.4. The SMILES string of the molecule is COc1ccccc1N1CCN(CCCNC(=O)c2cccc3cc(-c4ccc([N+](=O)[O-])cc4)[nH]c23)CC1. The van der Waals surface area contributed by atoms with Crippen molar-refractivity contribution in [2.24, 2.45) is 0 Å². The Morgan fingerprint density at radius 2 is 1.79 bits per heavy atom. The number of nitro benzene ring substituents is 1. The molecule has 38 heavy (non-hydrogen) atoms. The van der Waals surface area contributed by atoms with Crippen molar-refractivity contribution in [1.29, 1.82) is 0 Å². The minimum Gasteiger partial charge on any atom is -0.495 e. The Kier molecular flexibility index (Phi) is 7.55. The molecule has 1 aromatic heterocycles. The zero-order valence-electron chi connectivity index (χ0n) is 21.4. The first-order chi connectivity index (χ1) is 18.5. The summed E-state index contributed by atoms with van der Waals surface area (Å²) in [5.41, 5.74) is 4.15. The quantitative estimate of drug-likeness (QED) is 0.191. The highest BCUT2D eigenvalue weighted by Crippen LogP contribution is 2.29. The average Bonchev–Trinajstić information content (AvgIpc) is 3.40. The number of para-hydroxylation sites is 3. The number of nitro groups is 1. The normalized spacial score (nSPS) is 14.0. The third-order valence-corrected chi connectivity index (χ3v) is 7.02. The minimum absolute atomic E-state index is 0.0447. The van der Waals surface area contributed by atoms with Crippen LogP contribution in [0.25, 0.3) is 22.2 Å². The number of nitrogens with one attached hydrogen (secondary N) is 2. The van der Waals surface area contributed by atoms with Crippen LogP contribution >= 0.6 is 0 Å². The molecule has 9 heteroatoms. The lowest BCUT2D eigenvalue weighted by Crippen LogP contribution is -2.47. The summed E-state index contributed by atoms with van der Waals surface area (Å²) in [7, 11) is 1.71. The number of methoxy groups -OCH3 is 1. The molecule has 4 aromatic rings. The van der Waals surface area contributed by atoms with E-state index in [1.165, 1.54) is 12.1 Å². The number of carbonyl (C=O) groups excluding carboxylic acids is 1. The van der Waals surface area contributed by atoms with Crippen molar-refractivity contribution < 1.29 is 14.5 Å². The van der Waals surface area contributed by atoms with E-state index in [9.17, 15) is 14.9 Å². The number of H-pyrrole nitrogens is 1. The minimum atomic E-state index is -0.417. The van der Waals surface area contributed by atoms with Gasteiger partial charge in [0.05, 0.1) is 28.8 Å². The molecule has 3 aromatic carbocycles. The number of hydrogen-bond donors (Lipinski definition) is 2. The molecule has 196 valence electrons. The number of ether oxygens (including phenoxy) is 1. The van der Waals surface area contributed by atoms with Crippen LogP contribution in [0.5, 0.6) is 5.75 Å². The number of anilines is 1. The summed E-state index contributed by atoms with van der Waals surface area (Å²) < 4.78 is 5.51. The second-order valence-electron chi connectivity index (χ2n) is 9.37. The van der Waals surface area contributed by atoms with E-state index in [2.05, 4.69) is 26.2 Å². The third kappa shape index (κ3) is 5.47. The van der Waals surface area contributed by atoms with Crippen molar-refractivity contribution in [2.45, 2.75) is 6.42 Å². The number of hydrogen-bond acceptors (Lipinski definition) is 6. The van der Waals surface area contributed by atoms with E-state index in [0.717, 1.165) is 72.7 Å². The van der Waals surface area contributed by atoms with Gasteiger partial charge in [0.15, 0.2) is 0 Å². The van der Waals surface area contributed by atoms with Crippen molar-refractivity contribution >= 4 is 28.2 Å². The fraction of sp³-hybridized carbons (Fsp3) is 0.276. The highest BCUT2D eigenvalue weighted by atomic mass is 16.6. The van der Waals surface area contributed by atoms with E-state index in [-0.39, 0.29) is 11.6 Å². The van der Waals surface area contributed by atoms with Gasteiger partial charge in [-0.15, -0.1) is 0 Å². The van der Waals surface area contributed by atoms with Gasteiger partial charge in [0.1, 0.15) is 5.75 Å². The van der Waals surface area contributed by atoms with Crippen LogP contribution in [0, 0.1) is 10.1 Å². The molecule has 0 radical (unpaired) electrons. The van der Waals surface area contributed by atoms with Gasteiger partial charge in [-0.1, -0.05) is 24.3 Å². The maximum Gasteiger partial charge on any atom is 0.269 e. The molecule has 5 rings (SSSR count). The summed E-state index contributed by atoms with van der Waals surface area (Å²) >= 11 is 0. The molecule has 1 amide bonds. The van der Waals surface area contributed by atoms with Gasteiger partial charge in [-0.05, 0) is 54.9 Å². The van der Waals surface area contributed by atoms with Gasteiger partial charge in [0.25, 0.3) is 11.6 Å². The number of nitrogens with zero attached hydrogens (tertiary/aromatic N) is 3. The molecule has 0 unspecified atom stereocenters. The molecule has 0 spiro atoms. The van der Waals surface area contributed by atoms with Crippen LogP contribution in [0.4, 0.5) is 11.4 Å². The Bertz CT molecular complexity index is 1420. The first kappa shape index (κ1) is 25.3. The highest BCUT2D eigenvalue weighted by molar-refractivity contribution is 6.06. The number of benzene rings is 3. The fourth-order valence-electron chi connectivity index (χ4n) is 4.97. The van der Waals surface area contributed by atoms with Crippen molar-refractivity contribution in [3.8, 4) is 17.0 Å². The predicted octanol–water partition coefficient (Wildman–Crippen LogP) is 4.69. The zero-order chi connectivity index (χ0) is 26.5. The summed E-state index contributed by atoms with van der Waals surface area (Å²) in [5, 5.41) is 14.9. The van der Waals surface area contributed by atoms with E-state index in [1.807, 2.05) is 42.5 Å². The summed E-state index contributed by atoms with van der Waals surface area (Å²) in [4.78, 5) is 31.6. The van der Waals surface area contributed by atoms with Crippen molar-refractivity contribution in [3.05, 3.63) is 88.5 Å². The number of non-ortho nitro benzene ring substituents is 1. The summed E-state index contributed by atoms with van der Waals surface area (Å²) in [6, 6.07) is 22.1. The summed E-state index contributed by atoms with van der Waals surface area (Å²) in [5.74, 6) is 0.786. The van der Waals surface area contributed by atoms with Crippen LogP contribution in [0.2, 0.25) is 0 Å². The lowest BCUT2D eigenvalue weighted by molar-refractivity contribution is -0.384. The monoisotopic (exact) mass is 513 g/mol. The smallest absolute Gasteiger partial charge is 0.269 e. The first-order valence-electron chi connectivity index (χ1n) is 12.8. The molecular weight excluding hydrogens is 482 g/mol. The van der Waals surface area contributed by atoms with Crippen LogP contribution in [0.15, 0.2) is 72.8 Å². The van der Waals surface area contributed by atoms with Gasteiger partial charge in [-0.2, -0.15) is 0 Å². The molecule has 0 atom stereocenters. The second kappa shape index (κ2) is 11.4. The summed E-state index contributed by atoms with van der Waals surface area (Å²) in [6.45, 7) is 5.35. The van der Waals surface area contributed by atoms with Crippen molar-refractivity contribution in [3.63, 3.8) is 0 Å². The molecular formula is C29H31N5O4. The maximum absolute atomic E-state index is 13.0. The number of rotatable bonds is 9. The Morgan fingerprint density at radius 3 is 2.53 bits per heavy atom. The predicted molar refractivity (Wildman–Crippen MR) is 149 cm³/mol. The largest absolute Gasteiger partial charge is 0.495 e. The van der Waals surface area contributed by atoms with Gasteiger partial charge < -0.3 is 19.9 Å². The van der Waals surface area contributed by atoms with Crippen molar-refractivity contribution in [2.75, 3.05) is 51.3 Å². The Morgan fingerprint density at radius 1 is 1.03 bits per heavy atom. The van der Waals surface area contributed by atoms with Crippen LogP contribution in [-0.4, -0.2) is 67.1 Å². The van der Waals surface area contributed by atoms with Gasteiger partial charge in [0, 0.05) is 55.9 Å². The number of amides is 1. The van der Waals surface area contributed by atoms with Gasteiger partial charge in [-0.3, -0.25) is 19.8 Å². The van der Waals surface area contributed by atoms with Gasteiger partial charge in [-0.25, -0.2) is 0 Å². The van der Waals surface area contributed by atoms with Gasteiger partial charge in [0.2, 0.25) is 0 Å². The number of carbonyl (C=O) groups is 1. The molecule has 0 bridgehead atoms. The second-order valence-corrected chi connectivity index (χ2v) is 9.37. The maximum atomic E-state index is 13.0. The Hall–Kier alpha value is -4.37. The van der Waals surface area contributed by atoms with E-state index in [0.29, 0.717) is 12.1 Å². The highest BCUT2D eigenvalue weighted by Gasteiger charge is 2.19. The molecule has 9 nitrogen and oxygen atoms in total. The first-order valence-corrected chi connectivity index (χ1v) is 12.8. The fourth-order valence-corrected chi connectivity index (χ4v) is 4.97. The van der Waals surface area contributed by atoms with Crippen LogP contribution in [-0.2, 0) is 0 Å². The number of aromatic nitrogens is 1. The molecule has 2 heterocycles. The van der Waals surface area contributed by atoms with E-state index >= 15 is 0 Å². The number of fused-ring (bicyclic) bond motifs is 1. The van der Waals surface area contributed by atoms with Crippen molar-refractivity contribution in [1.82, 2.24) is 15.2 Å². The topological polar surface area (TPSA) is 104 Å². The van der Waals surface area contributed by atoms with Crippen LogP contribution in [0.1, 0.15) is 16.8 Å². The number of aromatic amines is 1. The standard InChI is InChI=1S/C29H31N5O4/c1-38-27-9-3-2-8-26(27)33-18-16-32(17-19-33)15-5-14-30-29(35)24-7-4-6-22-20-25(31-28(22)24)21-10-12-23(13-11-21)34(36)37/h2-4,6-13,20,31H,5,14-19H2,1H3,(H,30,35). The molecule has 2 N–H and O–H groups in total. The summed E-state index contributed by atoms with van der Waals surface area (Å²) in [6.07, 6.45) is 0.870. The third-order valence-electron chi connectivity index (χ3n) is 7.02. The van der Waals surface area contributed by atoms with E-state index in [1.54, 1.807) is 19.2 Å². The van der Waals surface area contributed by atoms with Gasteiger partial charge >= 0.3 is 0 Å². The molecule has 1 aliphatic heterocycles. The van der Waals surface area contributed by atoms with Crippen LogP contribution < -0.4 is 15.0 Å². The Balaban J connectivity index is 1.13. The molecule has 1 saturated heterocycles. The van der Waals surface area contributed by atoms with E-state index < -0.39 is 4.92 Å². The van der Waals surface area contributed by atoms with Crippen LogP contribution in [0.3, 0.4) is 0 Å². The molecule has 0 saturated carbocycles. The average molecular weight is 514 g/mol. The lowest BCUT2D eigenvalue weighted by atomic mass is 10.1. The molecule has 1 aliphatic rings. The number of piperazine rings is 1. The van der Waals surface area contributed by atoms with E-state index in [4.69, 9.17) is 4.74 Å².